The average molecular weight is 810 g/mol. The molecule has 12 aromatic rings. The van der Waals surface area contributed by atoms with Crippen LogP contribution in [0.4, 0.5) is 17.1 Å². The van der Waals surface area contributed by atoms with Crippen molar-refractivity contribution in [3.63, 3.8) is 0 Å². The van der Waals surface area contributed by atoms with Crippen molar-refractivity contribution in [2.75, 3.05) is 4.90 Å². The van der Waals surface area contributed by atoms with Gasteiger partial charge in [-0.2, -0.15) is 0 Å². The van der Waals surface area contributed by atoms with Crippen LogP contribution in [0.25, 0.3) is 65.8 Å². The first-order valence-electron chi connectivity index (χ1n) is 21.2. The zero-order chi connectivity index (χ0) is 41.0. The summed E-state index contributed by atoms with van der Waals surface area (Å²) in [6.45, 7) is 0. The van der Waals surface area contributed by atoms with Crippen LogP contribution < -0.4 is 25.6 Å². The molecule has 0 radical (unpaired) electrons. The lowest BCUT2D eigenvalue weighted by Crippen LogP contribution is -2.74. The molecule has 3 nitrogen and oxygen atoms in total. The first-order chi connectivity index (χ1) is 30.7. The summed E-state index contributed by atoms with van der Waals surface area (Å²) in [5.74, 6) is 0. The van der Waals surface area contributed by atoms with Gasteiger partial charge in [0, 0.05) is 38.6 Å². The van der Waals surface area contributed by atoms with Gasteiger partial charge in [-0.25, -0.2) is 0 Å². The van der Waals surface area contributed by atoms with Crippen molar-refractivity contribution in [3.8, 4) is 11.1 Å². The summed E-state index contributed by atoms with van der Waals surface area (Å²) in [4.78, 5) is 2.37. The van der Waals surface area contributed by atoms with E-state index in [0.717, 1.165) is 72.1 Å². The molecule has 0 spiro atoms. The van der Waals surface area contributed by atoms with Crippen LogP contribution in [0, 0.1) is 0 Å². The Labute approximate surface area is 360 Å². The normalized spacial score (nSPS) is 11.9. The molecule has 2 aromatic heterocycles. The number of benzene rings is 10. The number of fused-ring (bicyclic) bond motifs is 8. The lowest BCUT2D eigenvalue weighted by molar-refractivity contribution is 0.668. The number of furan rings is 2. The Hall–Kier alpha value is -7.92. The number of anilines is 3. The van der Waals surface area contributed by atoms with Gasteiger partial charge in [0.05, 0.1) is 0 Å². The Bertz CT molecular complexity index is 3460. The van der Waals surface area contributed by atoms with E-state index in [9.17, 15) is 0 Å². The van der Waals surface area contributed by atoms with Crippen LogP contribution in [0.2, 0.25) is 0 Å². The van der Waals surface area contributed by atoms with Crippen molar-refractivity contribution < 1.29 is 8.83 Å². The molecule has 0 atom stereocenters. The van der Waals surface area contributed by atoms with Gasteiger partial charge in [-0.15, -0.1) is 0 Å². The molecule has 0 aliphatic carbocycles. The van der Waals surface area contributed by atoms with Crippen molar-refractivity contribution in [2.24, 2.45) is 0 Å². The molecule has 10 aromatic carbocycles. The highest BCUT2D eigenvalue weighted by molar-refractivity contribution is 7.19. The Balaban J connectivity index is 1.01. The van der Waals surface area contributed by atoms with E-state index in [1.54, 1.807) is 0 Å². The van der Waals surface area contributed by atoms with Gasteiger partial charge in [-0.1, -0.05) is 170 Å². The number of para-hydroxylation sites is 2. The van der Waals surface area contributed by atoms with E-state index in [1.807, 2.05) is 24.3 Å². The minimum atomic E-state index is -2.70. The van der Waals surface area contributed by atoms with Crippen molar-refractivity contribution in [1.82, 2.24) is 0 Å². The first kappa shape index (κ1) is 36.0. The standard InChI is InChI=1S/C58H39NO2Si/c1-4-14-46(15-5-1)62(47-16-6-2-7-17-47,48-18-8-3-9-19-48)49-34-31-44(32-35-49)59(45-33-37-56-53(39-45)50-20-10-12-22-54(50)60-56)43-29-26-40(27-30-43)42-25-24-41-28-36-57-58(52(41)38-42)51-21-11-13-23-55(51)61-57/h1-39H. The van der Waals surface area contributed by atoms with Crippen LogP contribution in [-0.4, -0.2) is 8.07 Å². The minimum absolute atomic E-state index is 0.876. The highest BCUT2D eigenvalue weighted by atomic mass is 28.3. The number of hydrogen-bond acceptors (Lipinski definition) is 3. The van der Waals surface area contributed by atoms with Crippen molar-refractivity contribution in [2.45, 2.75) is 0 Å². The zero-order valence-electron chi connectivity index (χ0n) is 33.8. The van der Waals surface area contributed by atoms with E-state index < -0.39 is 8.07 Å². The molecule has 0 unspecified atom stereocenters. The molecule has 62 heavy (non-hydrogen) atoms. The van der Waals surface area contributed by atoms with Gasteiger partial charge in [0.25, 0.3) is 0 Å². The van der Waals surface area contributed by atoms with Crippen molar-refractivity contribution in [1.29, 1.82) is 0 Å². The fourth-order valence-corrected chi connectivity index (χ4v) is 14.5. The fraction of sp³-hybridized carbons (Fsp3) is 0. The summed E-state index contributed by atoms with van der Waals surface area (Å²) >= 11 is 0. The summed E-state index contributed by atoms with van der Waals surface area (Å²) in [6.07, 6.45) is 0. The molecule has 12 rings (SSSR count). The van der Waals surface area contributed by atoms with Gasteiger partial charge in [-0.05, 0) is 109 Å². The molecule has 0 amide bonds. The Morgan fingerprint density at radius 1 is 0.290 bits per heavy atom. The molecule has 0 bridgehead atoms. The van der Waals surface area contributed by atoms with Crippen LogP contribution in [0.15, 0.2) is 245 Å². The SMILES string of the molecule is c1ccc([Si](c2ccccc2)(c2ccccc2)c2ccc(N(c3ccc(-c4ccc5ccc6oc7ccccc7c6c5c4)cc3)c3ccc4oc5ccccc5c4c3)cc2)cc1. The highest BCUT2D eigenvalue weighted by Gasteiger charge is 2.41. The molecule has 2 heterocycles. The Morgan fingerprint density at radius 2 is 0.742 bits per heavy atom. The van der Waals surface area contributed by atoms with E-state index in [4.69, 9.17) is 8.83 Å². The number of hydrogen-bond donors (Lipinski definition) is 0. The van der Waals surface area contributed by atoms with Gasteiger partial charge in [0.1, 0.15) is 22.3 Å². The molecular formula is C58H39NO2Si. The van der Waals surface area contributed by atoms with Crippen LogP contribution in [-0.2, 0) is 0 Å². The van der Waals surface area contributed by atoms with E-state index in [1.165, 1.54) is 31.5 Å². The molecule has 0 saturated carbocycles. The quantitative estimate of drug-likeness (QED) is 0.113. The van der Waals surface area contributed by atoms with Crippen LogP contribution >= 0.6 is 0 Å². The highest BCUT2D eigenvalue weighted by Crippen LogP contribution is 2.40. The third-order valence-electron chi connectivity index (χ3n) is 12.6. The molecule has 0 fully saturated rings. The second kappa shape index (κ2) is 14.7. The summed E-state index contributed by atoms with van der Waals surface area (Å²) in [6, 6.07) is 85.8. The molecule has 0 aliphatic rings. The van der Waals surface area contributed by atoms with Gasteiger partial charge < -0.3 is 13.7 Å². The van der Waals surface area contributed by atoms with Gasteiger partial charge in [0.15, 0.2) is 8.07 Å². The van der Waals surface area contributed by atoms with Gasteiger partial charge in [0.2, 0.25) is 0 Å². The predicted octanol–water partition coefficient (Wildman–Crippen LogP) is 13.2. The average Bonchev–Trinajstić information content (AvgIpc) is 3.92. The summed E-state index contributed by atoms with van der Waals surface area (Å²) in [5.41, 5.74) is 9.09. The Kier molecular flexibility index (Phi) is 8.51. The maximum absolute atomic E-state index is 6.30. The van der Waals surface area contributed by atoms with E-state index in [2.05, 4.69) is 217 Å². The predicted molar refractivity (Wildman–Crippen MR) is 262 cm³/mol. The maximum atomic E-state index is 6.30. The second-order valence-electron chi connectivity index (χ2n) is 16.0. The molecule has 0 N–H and O–H groups in total. The molecule has 4 heteroatoms. The summed E-state index contributed by atoms with van der Waals surface area (Å²) in [5, 5.41) is 12.3. The topological polar surface area (TPSA) is 29.5 Å². The third-order valence-corrected chi connectivity index (χ3v) is 17.4. The third kappa shape index (κ3) is 5.80. The van der Waals surface area contributed by atoms with E-state index >= 15 is 0 Å². The van der Waals surface area contributed by atoms with E-state index in [0.29, 0.717) is 0 Å². The number of rotatable bonds is 8. The van der Waals surface area contributed by atoms with E-state index in [-0.39, 0.29) is 0 Å². The number of nitrogens with zero attached hydrogens (tertiary/aromatic N) is 1. The Morgan fingerprint density at radius 3 is 1.39 bits per heavy atom. The maximum Gasteiger partial charge on any atom is 0.179 e. The van der Waals surface area contributed by atoms with Crippen LogP contribution in [0.5, 0.6) is 0 Å². The molecule has 0 aliphatic heterocycles. The zero-order valence-corrected chi connectivity index (χ0v) is 34.8. The fourth-order valence-electron chi connectivity index (χ4n) is 9.75. The van der Waals surface area contributed by atoms with Gasteiger partial charge in [-0.3, -0.25) is 0 Å². The van der Waals surface area contributed by atoms with Crippen molar-refractivity contribution >= 4 is 101 Å². The lowest BCUT2D eigenvalue weighted by Gasteiger charge is -2.35. The molecular weight excluding hydrogens is 771 g/mol. The smallest absolute Gasteiger partial charge is 0.179 e. The summed E-state index contributed by atoms with van der Waals surface area (Å²) in [7, 11) is -2.70. The summed E-state index contributed by atoms with van der Waals surface area (Å²) < 4.78 is 12.6. The van der Waals surface area contributed by atoms with Crippen molar-refractivity contribution in [3.05, 3.63) is 237 Å². The van der Waals surface area contributed by atoms with Crippen LogP contribution in [0.3, 0.4) is 0 Å². The molecule has 292 valence electrons. The first-order valence-corrected chi connectivity index (χ1v) is 23.2. The molecule has 0 saturated heterocycles. The van der Waals surface area contributed by atoms with Crippen LogP contribution in [0.1, 0.15) is 0 Å². The minimum Gasteiger partial charge on any atom is -0.456 e. The second-order valence-corrected chi connectivity index (χ2v) is 19.8. The largest absolute Gasteiger partial charge is 0.456 e. The lowest BCUT2D eigenvalue weighted by atomic mass is 9.98. The van der Waals surface area contributed by atoms with Gasteiger partial charge >= 0.3 is 0 Å². The monoisotopic (exact) mass is 809 g/mol.